The maximum Gasteiger partial charge on any atom is 0.246 e. The van der Waals surface area contributed by atoms with Crippen LogP contribution >= 0.6 is 35.5 Å². The molecule has 0 spiro atoms. The first-order chi connectivity index (χ1) is 8.31. The number of nitrogens with one attached hydrogen (secondary N) is 1. The highest BCUT2D eigenvalue weighted by molar-refractivity contribution is 7.98. The monoisotopic (exact) mass is 301 g/mol. The average Bonchev–Trinajstić information content (AvgIpc) is 2.84. The quantitative estimate of drug-likeness (QED) is 0.796. The Morgan fingerprint density at radius 1 is 1.28 bits per heavy atom. The van der Waals surface area contributed by atoms with E-state index in [1.54, 1.807) is 0 Å². The summed E-state index contributed by atoms with van der Waals surface area (Å²) in [6.45, 7) is 1.30. The molecule has 0 aromatic carbocycles. The number of guanidine groups is 1. The zero-order valence-corrected chi connectivity index (χ0v) is 12.0. The molecule has 0 bridgehead atoms. The van der Waals surface area contributed by atoms with Crippen LogP contribution in [-0.4, -0.2) is 29.1 Å². The van der Waals surface area contributed by atoms with Gasteiger partial charge in [-0.1, -0.05) is 0 Å². The molecule has 3 aliphatic heterocycles. The summed E-state index contributed by atoms with van der Waals surface area (Å²) in [5, 5.41) is 3.93. The van der Waals surface area contributed by atoms with Crippen LogP contribution < -0.4 is 5.32 Å². The molecule has 1 saturated heterocycles. The van der Waals surface area contributed by atoms with Crippen LogP contribution in [0.15, 0.2) is 4.99 Å². The third kappa shape index (κ3) is 1.74. The molecule has 4 nitrogen and oxygen atoms in total. The van der Waals surface area contributed by atoms with Crippen molar-refractivity contribution in [3.8, 4) is 0 Å². The normalized spacial score (nSPS) is 20.3. The summed E-state index contributed by atoms with van der Waals surface area (Å²) < 4.78 is 0. The number of hydrogen-bond acceptors (Lipinski definition) is 5. The zero-order valence-electron chi connectivity index (χ0n) is 9.56. The molecule has 1 N–H and O–H groups in total. The number of amides is 1. The summed E-state index contributed by atoms with van der Waals surface area (Å²) in [6, 6.07) is 0. The Morgan fingerprint density at radius 3 is 3.06 bits per heavy atom. The smallest absolute Gasteiger partial charge is 0.246 e. The zero-order chi connectivity index (χ0) is 11.4. The van der Waals surface area contributed by atoms with Gasteiger partial charge in [-0.3, -0.25) is 10.1 Å². The summed E-state index contributed by atoms with van der Waals surface area (Å²) in [7, 11) is 0. The van der Waals surface area contributed by atoms with Gasteiger partial charge in [0.15, 0.2) is 0 Å². The van der Waals surface area contributed by atoms with E-state index in [2.05, 4.69) is 10.3 Å². The van der Waals surface area contributed by atoms with Gasteiger partial charge < -0.3 is 4.90 Å². The van der Waals surface area contributed by atoms with E-state index in [9.17, 15) is 4.79 Å². The number of carbonyl (C=O) groups is 1. The minimum absolute atomic E-state index is 0. The molecule has 0 atom stereocenters. The van der Waals surface area contributed by atoms with Crippen molar-refractivity contribution in [2.75, 3.05) is 12.3 Å². The predicted octanol–water partition coefficient (Wildman–Crippen LogP) is 1.89. The van der Waals surface area contributed by atoms with Crippen molar-refractivity contribution in [1.29, 1.82) is 0 Å². The average molecular weight is 302 g/mol. The number of hydrogen-bond donors (Lipinski definition) is 1. The third-order valence-electron chi connectivity index (χ3n) is 3.34. The van der Waals surface area contributed by atoms with Gasteiger partial charge in [0, 0.05) is 22.7 Å². The summed E-state index contributed by atoms with van der Waals surface area (Å²) in [5.41, 5.74) is 2.85. The van der Waals surface area contributed by atoms with Gasteiger partial charge >= 0.3 is 0 Å². The molecule has 4 heterocycles. The van der Waals surface area contributed by atoms with E-state index < -0.39 is 0 Å². The largest absolute Gasteiger partial charge is 0.329 e. The molecular formula is C11H12ClN3OS2. The summed E-state index contributed by atoms with van der Waals surface area (Å²) in [6.07, 6.45) is 1.18. The van der Waals surface area contributed by atoms with Crippen molar-refractivity contribution in [3.05, 3.63) is 16.0 Å². The summed E-state index contributed by atoms with van der Waals surface area (Å²) in [4.78, 5) is 19.5. The fourth-order valence-corrected chi connectivity index (χ4v) is 4.97. The first-order valence-corrected chi connectivity index (χ1v) is 7.63. The van der Waals surface area contributed by atoms with Crippen LogP contribution in [0.3, 0.4) is 0 Å². The molecule has 1 aromatic heterocycles. The van der Waals surface area contributed by atoms with Crippen LogP contribution in [0, 0.1) is 0 Å². The second kappa shape index (κ2) is 4.43. The first kappa shape index (κ1) is 12.3. The Hall–Kier alpha value is -0.720. The van der Waals surface area contributed by atoms with Crippen LogP contribution in [0.5, 0.6) is 0 Å². The molecule has 18 heavy (non-hydrogen) atoms. The molecule has 1 fully saturated rings. The van der Waals surface area contributed by atoms with Gasteiger partial charge in [-0.15, -0.1) is 23.7 Å². The molecule has 0 aliphatic carbocycles. The van der Waals surface area contributed by atoms with E-state index in [1.807, 2.05) is 28.0 Å². The molecular weight excluding hydrogens is 290 g/mol. The highest BCUT2D eigenvalue weighted by atomic mass is 35.5. The van der Waals surface area contributed by atoms with Crippen LogP contribution in [-0.2, 0) is 23.5 Å². The number of aliphatic imine (C=N–C) groups is 1. The van der Waals surface area contributed by atoms with Crippen molar-refractivity contribution in [2.45, 2.75) is 18.7 Å². The maximum atomic E-state index is 11.3. The molecule has 1 aromatic rings. The first-order valence-electron chi connectivity index (χ1n) is 5.66. The van der Waals surface area contributed by atoms with E-state index in [1.165, 1.54) is 28.2 Å². The Labute approximate surface area is 119 Å². The van der Waals surface area contributed by atoms with Gasteiger partial charge in [0.2, 0.25) is 11.9 Å². The van der Waals surface area contributed by atoms with Gasteiger partial charge in [-0.25, -0.2) is 4.99 Å². The lowest BCUT2D eigenvalue weighted by Crippen LogP contribution is -2.32. The lowest BCUT2D eigenvalue weighted by atomic mass is 10.1. The van der Waals surface area contributed by atoms with Gasteiger partial charge in [-0.2, -0.15) is 11.8 Å². The Bertz CT molecular complexity index is 555. The van der Waals surface area contributed by atoms with E-state index >= 15 is 0 Å². The fourth-order valence-electron chi connectivity index (χ4n) is 2.51. The number of thiophene rings is 1. The second-order valence-electron chi connectivity index (χ2n) is 4.43. The minimum atomic E-state index is 0. The Kier molecular flexibility index (Phi) is 3.03. The lowest BCUT2D eigenvalue weighted by Gasteiger charge is -2.22. The summed E-state index contributed by atoms with van der Waals surface area (Å²) in [5.74, 6) is 3.14. The standard InChI is InChI=1S/C11H11N3OS2.ClH/c15-9-4-14-3-6-7-5-16-2-1-8(7)17-10(6)13-11(14)12-9;/h1-5H2,(H,12,13,15);1H. The van der Waals surface area contributed by atoms with Crippen LogP contribution in [0.25, 0.3) is 0 Å². The highest BCUT2D eigenvalue weighted by Crippen LogP contribution is 2.43. The number of aryl methyl sites for hydroxylation is 1. The fraction of sp³-hybridized carbons (Fsp3) is 0.455. The third-order valence-corrected chi connectivity index (χ3v) is 5.55. The molecule has 1 amide bonds. The minimum Gasteiger partial charge on any atom is -0.329 e. The summed E-state index contributed by atoms with van der Waals surface area (Å²) >= 11 is 3.81. The van der Waals surface area contributed by atoms with E-state index in [-0.39, 0.29) is 18.3 Å². The predicted molar refractivity (Wildman–Crippen MR) is 77.1 cm³/mol. The molecule has 0 saturated carbocycles. The van der Waals surface area contributed by atoms with Gasteiger partial charge in [-0.05, 0) is 17.7 Å². The number of fused-ring (bicyclic) bond motifs is 4. The van der Waals surface area contributed by atoms with Crippen molar-refractivity contribution in [3.63, 3.8) is 0 Å². The van der Waals surface area contributed by atoms with E-state index in [4.69, 9.17) is 0 Å². The Morgan fingerprint density at radius 2 is 2.17 bits per heavy atom. The molecule has 96 valence electrons. The number of carbonyl (C=O) groups excluding carboxylic acids is 1. The number of nitrogens with zero attached hydrogens (tertiary/aromatic N) is 2. The van der Waals surface area contributed by atoms with Crippen molar-refractivity contribution < 1.29 is 4.79 Å². The molecule has 4 rings (SSSR count). The molecule has 7 heteroatoms. The molecule has 0 unspecified atom stereocenters. The van der Waals surface area contributed by atoms with Gasteiger partial charge in [0.25, 0.3) is 0 Å². The van der Waals surface area contributed by atoms with Crippen LogP contribution in [0.4, 0.5) is 5.00 Å². The maximum absolute atomic E-state index is 11.3. The lowest BCUT2D eigenvalue weighted by molar-refractivity contribution is -0.118. The topological polar surface area (TPSA) is 44.7 Å². The van der Waals surface area contributed by atoms with Crippen molar-refractivity contribution in [2.24, 2.45) is 4.99 Å². The van der Waals surface area contributed by atoms with E-state index in [0.29, 0.717) is 6.54 Å². The Balaban J connectivity index is 0.000001000. The van der Waals surface area contributed by atoms with Gasteiger partial charge in [0.1, 0.15) is 11.5 Å². The number of halogens is 1. The van der Waals surface area contributed by atoms with Gasteiger partial charge in [0.05, 0.1) is 0 Å². The number of rotatable bonds is 0. The van der Waals surface area contributed by atoms with Crippen molar-refractivity contribution in [1.82, 2.24) is 10.2 Å². The molecule has 0 radical (unpaired) electrons. The van der Waals surface area contributed by atoms with E-state index in [0.717, 1.165) is 23.3 Å². The van der Waals surface area contributed by atoms with Crippen LogP contribution in [0.2, 0.25) is 0 Å². The number of thioether (sulfide) groups is 1. The van der Waals surface area contributed by atoms with Crippen molar-refractivity contribution >= 4 is 52.4 Å². The van der Waals surface area contributed by atoms with Crippen LogP contribution in [0.1, 0.15) is 16.0 Å². The second-order valence-corrected chi connectivity index (χ2v) is 6.62. The molecule has 3 aliphatic rings. The highest BCUT2D eigenvalue weighted by Gasteiger charge is 2.32. The SMILES string of the molecule is Cl.O=C1CN2Cc3c(sc4c3CSCC4)N=C2N1.